The zero-order valence-electron chi connectivity index (χ0n) is 12.3. The van der Waals surface area contributed by atoms with Gasteiger partial charge in [-0.25, -0.2) is 0 Å². The first-order valence-corrected chi connectivity index (χ1v) is 7.09. The van der Waals surface area contributed by atoms with Crippen LogP contribution < -0.4 is 15.5 Å². The van der Waals surface area contributed by atoms with Crippen molar-refractivity contribution in [2.75, 3.05) is 26.9 Å². The monoisotopic (exact) mass is 311 g/mol. The molecular formula is C14H21N3O3S. The van der Waals surface area contributed by atoms with Crippen LogP contribution in [0.4, 0.5) is 0 Å². The van der Waals surface area contributed by atoms with E-state index in [9.17, 15) is 5.11 Å². The lowest BCUT2D eigenvalue weighted by Crippen LogP contribution is -2.33. The number of methoxy groups -OCH3 is 1. The van der Waals surface area contributed by atoms with Gasteiger partial charge < -0.3 is 19.9 Å². The molecule has 0 unspecified atom stereocenters. The molecule has 0 saturated carbocycles. The van der Waals surface area contributed by atoms with Crippen LogP contribution in [0, 0.1) is 0 Å². The molecule has 0 atom stereocenters. The van der Waals surface area contributed by atoms with Gasteiger partial charge in [0.15, 0.2) is 16.6 Å². The Kier molecular flexibility index (Phi) is 8.15. The molecule has 3 N–H and O–H groups in total. The molecule has 116 valence electrons. The second kappa shape index (κ2) is 9.95. The van der Waals surface area contributed by atoms with Crippen molar-refractivity contribution in [2.24, 2.45) is 5.10 Å². The second-order valence-electron chi connectivity index (χ2n) is 4.11. The van der Waals surface area contributed by atoms with Crippen molar-refractivity contribution in [3.05, 3.63) is 23.8 Å². The van der Waals surface area contributed by atoms with Crippen molar-refractivity contribution in [1.82, 2.24) is 10.7 Å². The maximum Gasteiger partial charge on any atom is 0.186 e. The Morgan fingerprint density at radius 2 is 2.29 bits per heavy atom. The third-order valence-electron chi connectivity index (χ3n) is 2.54. The van der Waals surface area contributed by atoms with Gasteiger partial charge in [0.2, 0.25) is 0 Å². The number of nitrogens with one attached hydrogen (secondary N) is 2. The summed E-state index contributed by atoms with van der Waals surface area (Å²) in [6.07, 6.45) is 2.44. The summed E-state index contributed by atoms with van der Waals surface area (Å²) < 4.78 is 10.2. The van der Waals surface area contributed by atoms with Crippen LogP contribution in [-0.2, 0) is 4.74 Å². The van der Waals surface area contributed by atoms with E-state index in [0.29, 0.717) is 17.5 Å². The summed E-state index contributed by atoms with van der Waals surface area (Å²) in [7, 11) is 1.50. The first-order valence-electron chi connectivity index (χ1n) is 6.69. The van der Waals surface area contributed by atoms with Crippen LogP contribution >= 0.6 is 12.2 Å². The number of hydrazone groups is 1. The Hall–Kier alpha value is -1.86. The Bertz CT molecular complexity index is 481. The lowest BCUT2D eigenvalue weighted by molar-refractivity contribution is 0.145. The smallest absolute Gasteiger partial charge is 0.186 e. The number of phenolic OH excluding ortho intramolecular Hbond substituents is 1. The summed E-state index contributed by atoms with van der Waals surface area (Å²) >= 11 is 5.07. The average molecular weight is 311 g/mol. The number of aromatic hydroxyl groups is 1. The van der Waals surface area contributed by atoms with Gasteiger partial charge in [0.05, 0.1) is 13.3 Å². The molecule has 21 heavy (non-hydrogen) atoms. The normalized spacial score (nSPS) is 10.6. The molecule has 0 aliphatic rings. The summed E-state index contributed by atoms with van der Waals surface area (Å²) in [5.41, 5.74) is 3.44. The van der Waals surface area contributed by atoms with Crippen molar-refractivity contribution < 1.29 is 14.6 Å². The van der Waals surface area contributed by atoms with Gasteiger partial charge in [-0.15, -0.1) is 0 Å². The van der Waals surface area contributed by atoms with Crippen molar-refractivity contribution in [3.8, 4) is 11.5 Å². The summed E-state index contributed by atoms with van der Waals surface area (Å²) in [6, 6.07) is 5.01. The van der Waals surface area contributed by atoms with Crippen LogP contribution in [0.2, 0.25) is 0 Å². The molecule has 0 spiro atoms. The van der Waals surface area contributed by atoms with Gasteiger partial charge >= 0.3 is 0 Å². The molecule has 0 aliphatic heterocycles. The molecule has 0 heterocycles. The van der Waals surface area contributed by atoms with Gasteiger partial charge in [-0.3, -0.25) is 5.43 Å². The molecule has 1 rings (SSSR count). The summed E-state index contributed by atoms with van der Waals surface area (Å²) in [4.78, 5) is 0. The summed E-state index contributed by atoms with van der Waals surface area (Å²) in [5, 5.41) is 17.1. The predicted molar refractivity (Wildman–Crippen MR) is 87.1 cm³/mol. The van der Waals surface area contributed by atoms with Crippen LogP contribution in [0.1, 0.15) is 18.9 Å². The Labute approximate surface area is 130 Å². The highest BCUT2D eigenvalue weighted by atomic mass is 32.1. The van der Waals surface area contributed by atoms with E-state index in [1.807, 2.05) is 6.92 Å². The molecule has 1 aromatic rings. The Morgan fingerprint density at radius 1 is 1.48 bits per heavy atom. The molecule has 6 nitrogen and oxygen atoms in total. The molecular weight excluding hydrogens is 290 g/mol. The average Bonchev–Trinajstić information content (AvgIpc) is 2.47. The number of phenols is 1. The van der Waals surface area contributed by atoms with Crippen LogP contribution in [0.5, 0.6) is 11.5 Å². The van der Waals surface area contributed by atoms with E-state index in [0.717, 1.165) is 25.1 Å². The van der Waals surface area contributed by atoms with E-state index >= 15 is 0 Å². The van der Waals surface area contributed by atoms with E-state index < -0.39 is 0 Å². The van der Waals surface area contributed by atoms with E-state index in [4.69, 9.17) is 21.7 Å². The topological polar surface area (TPSA) is 75.1 Å². The fourth-order valence-corrected chi connectivity index (χ4v) is 1.67. The predicted octanol–water partition coefficient (Wildman–Crippen LogP) is 1.63. The molecule has 7 heteroatoms. The standard InChI is InChI=1S/C14H21N3O3S/c1-3-20-8-4-7-15-14(21)17-16-10-11-5-6-13(19-2)12(18)9-11/h5-6,9-10,18H,3-4,7-8H2,1-2H3,(H2,15,17,21)/b16-10-. The second-order valence-corrected chi connectivity index (χ2v) is 4.52. The maximum absolute atomic E-state index is 9.63. The van der Waals surface area contributed by atoms with Crippen LogP contribution in [0.15, 0.2) is 23.3 Å². The number of ether oxygens (including phenoxy) is 2. The van der Waals surface area contributed by atoms with Gasteiger partial charge in [-0.2, -0.15) is 5.10 Å². The van der Waals surface area contributed by atoms with Crippen LogP contribution in [0.25, 0.3) is 0 Å². The number of rotatable bonds is 8. The van der Waals surface area contributed by atoms with E-state index in [2.05, 4.69) is 15.8 Å². The van der Waals surface area contributed by atoms with Crippen LogP contribution in [-0.4, -0.2) is 43.3 Å². The molecule has 0 saturated heterocycles. The van der Waals surface area contributed by atoms with Gasteiger partial charge in [0.25, 0.3) is 0 Å². The lowest BCUT2D eigenvalue weighted by atomic mass is 10.2. The number of benzene rings is 1. The third kappa shape index (κ3) is 6.92. The first kappa shape index (κ1) is 17.2. The zero-order chi connectivity index (χ0) is 15.5. The van der Waals surface area contributed by atoms with Gasteiger partial charge in [0.1, 0.15) is 0 Å². The molecule has 0 amide bonds. The fraction of sp³-hybridized carbons (Fsp3) is 0.429. The Morgan fingerprint density at radius 3 is 2.95 bits per heavy atom. The zero-order valence-corrected chi connectivity index (χ0v) is 13.1. The third-order valence-corrected chi connectivity index (χ3v) is 2.77. The number of nitrogens with zero attached hydrogens (tertiary/aromatic N) is 1. The largest absolute Gasteiger partial charge is 0.504 e. The molecule has 0 fully saturated rings. The molecule has 0 radical (unpaired) electrons. The maximum atomic E-state index is 9.63. The molecule has 0 aromatic heterocycles. The highest BCUT2D eigenvalue weighted by Crippen LogP contribution is 2.25. The first-order chi connectivity index (χ1) is 10.2. The van der Waals surface area contributed by atoms with Crippen LogP contribution in [0.3, 0.4) is 0 Å². The van der Waals surface area contributed by atoms with E-state index in [-0.39, 0.29) is 5.75 Å². The highest BCUT2D eigenvalue weighted by Gasteiger charge is 2.00. The van der Waals surface area contributed by atoms with Gasteiger partial charge in [-0.1, -0.05) is 0 Å². The molecule has 0 aliphatic carbocycles. The minimum absolute atomic E-state index is 0.0677. The highest BCUT2D eigenvalue weighted by molar-refractivity contribution is 7.80. The van der Waals surface area contributed by atoms with Crippen molar-refractivity contribution >= 4 is 23.5 Å². The molecule has 1 aromatic carbocycles. The minimum Gasteiger partial charge on any atom is -0.504 e. The summed E-state index contributed by atoms with van der Waals surface area (Å²) in [6.45, 7) is 4.12. The van der Waals surface area contributed by atoms with Crippen molar-refractivity contribution in [3.63, 3.8) is 0 Å². The molecule has 0 bridgehead atoms. The van der Waals surface area contributed by atoms with Crippen molar-refractivity contribution in [1.29, 1.82) is 0 Å². The van der Waals surface area contributed by atoms with Gasteiger partial charge in [-0.05, 0) is 49.3 Å². The number of hydrogen-bond donors (Lipinski definition) is 3. The van der Waals surface area contributed by atoms with Crippen molar-refractivity contribution in [2.45, 2.75) is 13.3 Å². The minimum atomic E-state index is 0.0677. The summed E-state index contributed by atoms with van der Waals surface area (Å²) in [5.74, 6) is 0.490. The SMILES string of the molecule is CCOCCCNC(=S)N/N=C\c1ccc(OC)c(O)c1. The quantitative estimate of drug-likeness (QED) is 0.293. The number of hydrogen-bond acceptors (Lipinski definition) is 5. The number of thiocarbonyl (C=S) groups is 1. The lowest BCUT2D eigenvalue weighted by Gasteiger charge is -2.07. The van der Waals surface area contributed by atoms with Gasteiger partial charge in [0, 0.05) is 19.8 Å². The fourth-order valence-electron chi connectivity index (χ4n) is 1.51. The van der Waals surface area contributed by atoms with E-state index in [1.54, 1.807) is 24.4 Å². The Balaban J connectivity index is 2.30. The van der Waals surface area contributed by atoms with E-state index in [1.165, 1.54) is 7.11 Å².